The maximum absolute atomic E-state index is 13.7. The summed E-state index contributed by atoms with van der Waals surface area (Å²) in [5.74, 6) is -0.427. The molecule has 5 nitrogen and oxygen atoms in total. The summed E-state index contributed by atoms with van der Waals surface area (Å²) in [6.45, 7) is 2.09. The van der Waals surface area contributed by atoms with E-state index < -0.39 is 40.8 Å². The van der Waals surface area contributed by atoms with Gasteiger partial charge in [-0.15, -0.1) is 0 Å². The molecule has 0 bridgehead atoms. The zero-order chi connectivity index (χ0) is 29.0. The zero-order valence-electron chi connectivity index (χ0n) is 22.0. The number of benzene rings is 2. The van der Waals surface area contributed by atoms with E-state index in [4.69, 9.17) is 0 Å². The number of carbonyl (C=O) groups excluding carboxylic acids is 2. The molecule has 1 saturated carbocycles. The van der Waals surface area contributed by atoms with Gasteiger partial charge in [0.05, 0.1) is 29.1 Å². The van der Waals surface area contributed by atoms with Crippen LogP contribution in [0, 0.1) is 5.92 Å². The van der Waals surface area contributed by atoms with Gasteiger partial charge in [-0.1, -0.05) is 30.3 Å². The summed E-state index contributed by atoms with van der Waals surface area (Å²) in [6.07, 6.45) is -7.90. The summed E-state index contributed by atoms with van der Waals surface area (Å²) in [7, 11) is 3.58. The smallest absolute Gasteiger partial charge is 0.355 e. The number of hydrogen-bond donors (Lipinski definition) is 2. The van der Waals surface area contributed by atoms with Gasteiger partial charge in [-0.25, -0.2) is 0 Å². The van der Waals surface area contributed by atoms with Crippen LogP contribution in [0.5, 0.6) is 0 Å². The van der Waals surface area contributed by atoms with Crippen LogP contribution in [-0.2, 0) is 27.4 Å². The average Bonchev–Trinajstić information content (AvgIpc) is 2.86. The van der Waals surface area contributed by atoms with Gasteiger partial charge in [0.15, 0.2) is 0 Å². The Morgan fingerprint density at radius 2 is 1.49 bits per heavy atom. The van der Waals surface area contributed by atoms with E-state index in [1.165, 1.54) is 6.92 Å². The molecule has 1 atom stereocenters. The molecule has 11 heteroatoms. The first-order chi connectivity index (χ1) is 18.1. The van der Waals surface area contributed by atoms with Gasteiger partial charge in [0, 0.05) is 6.54 Å². The third-order valence-corrected chi connectivity index (χ3v) is 7.23. The van der Waals surface area contributed by atoms with Crippen molar-refractivity contribution in [3.8, 4) is 0 Å². The topological polar surface area (TPSA) is 61.4 Å². The molecule has 0 aliphatic heterocycles. The van der Waals surface area contributed by atoms with Gasteiger partial charge in [-0.2, -0.15) is 26.3 Å². The molecule has 1 unspecified atom stereocenters. The molecule has 214 valence electrons. The van der Waals surface area contributed by atoms with E-state index >= 15 is 0 Å². The molecular weight excluding hydrogens is 524 g/mol. The van der Waals surface area contributed by atoms with Crippen molar-refractivity contribution in [3.05, 3.63) is 70.8 Å². The lowest BCUT2D eigenvalue weighted by Crippen LogP contribution is -2.48. The second kappa shape index (κ2) is 12.0. The fourth-order valence-corrected chi connectivity index (χ4v) is 5.03. The van der Waals surface area contributed by atoms with Crippen LogP contribution < -0.4 is 10.6 Å². The maximum Gasteiger partial charge on any atom is 0.416 e. The third kappa shape index (κ3) is 7.74. The van der Waals surface area contributed by atoms with E-state index in [2.05, 4.69) is 10.6 Å². The van der Waals surface area contributed by atoms with Crippen molar-refractivity contribution in [2.75, 3.05) is 27.2 Å². The van der Waals surface area contributed by atoms with Crippen molar-refractivity contribution >= 4 is 11.8 Å². The number of carbonyl (C=O) groups is 2. The van der Waals surface area contributed by atoms with Gasteiger partial charge in [-0.3, -0.25) is 9.59 Å². The molecule has 0 saturated heterocycles. The Hall–Kier alpha value is -3.08. The highest BCUT2D eigenvalue weighted by molar-refractivity contribution is 5.88. The normalized spacial score (nSPS) is 20.9. The fraction of sp³-hybridized carbons (Fsp3) is 0.500. The van der Waals surface area contributed by atoms with Gasteiger partial charge in [0.2, 0.25) is 11.8 Å². The Kier molecular flexibility index (Phi) is 9.35. The number of nitrogens with zero attached hydrogens (tertiary/aromatic N) is 1. The van der Waals surface area contributed by atoms with E-state index in [0.29, 0.717) is 44.4 Å². The number of halogens is 6. The first kappa shape index (κ1) is 30.5. The molecule has 2 aromatic carbocycles. The van der Waals surface area contributed by atoms with Crippen LogP contribution in [0.4, 0.5) is 26.3 Å². The quantitative estimate of drug-likeness (QED) is 0.409. The summed E-state index contributed by atoms with van der Waals surface area (Å²) in [6, 6.07) is 9.21. The number of nitrogens with one attached hydrogen (secondary N) is 2. The molecule has 0 radical (unpaired) electrons. The third-order valence-electron chi connectivity index (χ3n) is 7.23. The second-order valence-electron chi connectivity index (χ2n) is 10.5. The van der Waals surface area contributed by atoms with E-state index in [0.717, 1.165) is 5.56 Å². The van der Waals surface area contributed by atoms with Gasteiger partial charge in [0.25, 0.3) is 0 Å². The lowest BCUT2D eigenvalue weighted by molar-refractivity contribution is -0.143. The molecule has 1 fully saturated rings. The largest absolute Gasteiger partial charge is 0.416 e. The molecule has 0 heterocycles. The molecule has 2 aromatic rings. The van der Waals surface area contributed by atoms with Crippen LogP contribution in [0.15, 0.2) is 48.5 Å². The fourth-order valence-electron chi connectivity index (χ4n) is 5.03. The van der Waals surface area contributed by atoms with Crippen LogP contribution in [0.1, 0.15) is 60.9 Å². The summed E-state index contributed by atoms with van der Waals surface area (Å²) >= 11 is 0. The summed E-state index contributed by atoms with van der Waals surface area (Å²) < 4.78 is 80.2. The van der Waals surface area contributed by atoms with Crippen molar-refractivity contribution < 1.29 is 35.9 Å². The molecule has 0 spiro atoms. The molecule has 2 N–H and O–H groups in total. The Morgan fingerprint density at radius 3 is 1.97 bits per heavy atom. The average molecular weight is 558 g/mol. The predicted octanol–water partition coefficient (Wildman–Crippen LogP) is 5.71. The van der Waals surface area contributed by atoms with Crippen LogP contribution in [-0.4, -0.2) is 43.9 Å². The summed E-state index contributed by atoms with van der Waals surface area (Å²) in [4.78, 5) is 27.5. The minimum Gasteiger partial charge on any atom is -0.355 e. The number of amides is 2. The zero-order valence-corrected chi connectivity index (χ0v) is 22.0. The standard InChI is InChI=1S/C28H33F6N3O2/c1-18(20-13-22(27(29,30)31)15-23(14-20)28(32,33)34)36-25(39)26(21-7-5-4-6-8-21)11-9-19(10-12-26)16-35-24(38)17-37(2)3/h4-8,13-15,18-19H,9-12,16-17H2,1-3H3,(H,35,38)(H,36,39)/t18?,19-,26-. The Balaban J connectivity index is 1.82. The molecule has 2 amide bonds. The van der Waals surface area contributed by atoms with E-state index in [1.807, 2.05) is 0 Å². The van der Waals surface area contributed by atoms with Crippen LogP contribution in [0.3, 0.4) is 0 Å². The number of alkyl halides is 6. The highest BCUT2D eigenvalue weighted by atomic mass is 19.4. The minimum atomic E-state index is -4.98. The minimum absolute atomic E-state index is 0.0715. The van der Waals surface area contributed by atoms with E-state index in [9.17, 15) is 35.9 Å². The number of likely N-dealkylation sites (N-methyl/N-ethyl adjacent to an activating group) is 1. The Bertz CT molecular complexity index is 1110. The number of rotatable bonds is 8. The van der Waals surface area contributed by atoms with Crippen LogP contribution in [0.25, 0.3) is 0 Å². The molecule has 39 heavy (non-hydrogen) atoms. The van der Waals surface area contributed by atoms with Crippen molar-refractivity contribution in [1.82, 2.24) is 15.5 Å². The van der Waals surface area contributed by atoms with Crippen molar-refractivity contribution in [1.29, 1.82) is 0 Å². The lowest BCUT2D eigenvalue weighted by Gasteiger charge is -2.40. The summed E-state index contributed by atoms with van der Waals surface area (Å²) in [5.41, 5.74) is -3.42. The van der Waals surface area contributed by atoms with Gasteiger partial charge in [0.1, 0.15) is 0 Å². The van der Waals surface area contributed by atoms with Crippen molar-refractivity contribution in [2.45, 2.75) is 56.4 Å². The van der Waals surface area contributed by atoms with Gasteiger partial charge in [-0.05, 0) is 81.9 Å². The SMILES string of the molecule is CC(NC(=O)[C@]1(c2ccccc2)CC[C@@H](CNC(=O)CN(C)C)CC1)c1cc(C(F)(F)F)cc(C(F)(F)F)c1. The Morgan fingerprint density at radius 1 is 0.949 bits per heavy atom. The molecule has 3 rings (SSSR count). The first-order valence-electron chi connectivity index (χ1n) is 12.7. The van der Waals surface area contributed by atoms with Crippen molar-refractivity contribution in [3.63, 3.8) is 0 Å². The molecule has 0 aromatic heterocycles. The molecule has 1 aliphatic rings. The monoisotopic (exact) mass is 557 g/mol. The van der Waals surface area contributed by atoms with Crippen molar-refractivity contribution in [2.24, 2.45) is 5.92 Å². The molecule has 1 aliphatic carbocycles. The Labute approximate surface area is 223 Å². The second-order valence-corrected chi connectivity index (χ2v) is 10.5. The van der Waals surface area contributed by atoms with E-state index in [1.54, 1.807) is 49.3 Å². The summed E-state index contributed by atoms with van der Waals surface area (Å²) in [5, 5.41) is 5.60. The van der Waals surface area contributed by atoms with E-state index in [-0.39, 0.29) is 30.0 Å². The van der Waals surface area contributed by atoms with Crippen LogP contribution >= 0.6 is 0 Å². The van der Waals surface area contributed by atoms with Gasteiger partial charge < -0.3 is 15.5 Å². The highest BCUT2D eigenvalue weighted by Gasteiger charge is 2.44. The number of hydrogen-bond acceptors (Lipinski definition) is 3. The van der Waals surface area contributed by atoms with Gasteiger partial charge >= 0.3 is 12.4 Å². The maximum atomic E-state index is 13.7. The highest BCUT2D eigenvalue weighted by Crippen LogP contribution is 2.43. The lowest BCUT2D eigenvalue weighted by atomic mass is 9.66. The molecular formula is C28H33F6N3O2. The predicted molar refractivity (Wildman–Crippen MR) is 135 cm³/mol. The first-order valence-corrected chi connectivity index (χ1v) is 12.7. The van der Waals surface area contributed by atoms with Crippen LogP contribution in [0.2, 0.25) is 0 Å².